The average Bonchev–Trinajstić information content (AvgIpc) is 2.69. The van der Waals surface area contributed by atoms with Crippen LogP contribution in [0.1, 0.15) is 0 Å². The lowest BCUT2D eigenvalue weighted by molar-refractivity contribution is 1.07. The first kappa shape index (κ1) is 15.0. The molecule has 0 bridgehead atoms. The first-order chi connectivity index (χ1) is 12.3. The maximum absolute atomic E-state index is 5.85. The van der Waals surface area contributed by atoms with Crippen molar-refractivity contribution in [2.45, 2.75) is 0 Å². The van der Waals surface area contributed by atoms with Crippen LogP contribution in [0.15, 0.2) is 85.2 Å². The van der Waals surface area contributed by atoms with E-state index in [-0.39, 0.29) is 0 Å². The van der Waals surface area contributed by atoms with Crippen molar-refractivity contribution in [1.82, 2.24) is 15.0 Å². The fourth-order valence-corrected chi connectivity index (χ4v) is 2.69. The molecule has 0 amide bonds. The molecule has 0 fully saturated rings. The van der Waals surface area contributed by atoms with Gasteiger partial charge in [-0.1, -0.05) is 66.7 Å². The molecule has 2 N–H and O–H groups in total. The molecule has 4 heteroatoms. The third-order valence-corrected chi connectivity index (χ3v) is 3.97. The van der Waals surface area contributed by atoms with Gasteiger partial charge in [0.25, 0.3) is 0 Å². The summed E-state index contributed by atoms with van der Waals surface area (Å²) in [5.74, 6) is 1.26. The van der Waals surface area contributed by atoms with Gasteiger partial charge in [0.2, 0.25) is 0 Å². The summed E-state index contributed by atoms with van der Waals surface area (Å²) in [6.07, 6.45) is 1.53. The highest BCUT2D eigenvalue weighted by molar-refractivity contribution is 5.68. The topological polar surface area (TPSA) is 64.7 Å². The summed E-state index contributed by atoms with van der Waals surface area (Å²) >= 11 is 0. The molecule has 0 unspecified atom stereocenters. The number of hydrogen-bond acceptors (Lipinski definition) is 4. The summed E-state index contributed by atoms with van der Waals surface area (Å²) in [6, 6.07) is 26.0. The zero-order chi connectivity index (χ0) is 17.1. The van der Waals surface area contributed by atoms with E-state index >= 15 is 0 Å². The molecule has 25 heavy (non-hydrogen) atoms. The van der Waals surface area contributed by atoms with Crippen molar-refractivity contribution >= 4 is 5.69 Å². The highest BCUT2D eigenvalue weighted by Crippen LogP contribution is 2.24. The minimum atomic E-state index is 0.615. The molecule has 4 aromatic rings. The average molecular weight is 324 g/mol. The molecule has 0 saturated carbocycles. The van der Waals surface area contributed by atoms with E-state index in [2.05, 4.69) is 39.2 Å². The van der Waals surface area contributed by atoms with Crippen LogP contribution in [0.3, 0.4) is 0 Å². The van der Waals surface area contributed by atoms with Crippen molar-refractivity contribution in [2.75, 3.05) is 5.73 Å². The summed E-state index contributed by atoms with van der Waals surface area (Å²) < 4.78 is 0. The summed E-state index contributed by atoms with van der Waals surface area (Å²) in [4.78, 5) is 13.1. The molecule has 3 aromatic carbocycles. The number of rotatable bonds is 3. The highest BCUT2D eigenvalue weighted by atomic mass is 15.0. The van der Waals surface area contributed by atoms with Crippen LogP contribution in [0.2, 0.25) is 0 Å². The van der Waals surface area contributed by atoms with Crippen LogP contribution < -0.4 is 5.73 Å². The van der Waals surface area contributed by atoms with Crippen LogP contribution in [0.5, 0.6) is 0 Å². The van der Waals surface area contributed by atoms with Gasteiger partial charge in [0.1, 0.15) is 6.33 Å². The molecule has 0 radical (unpaired) electrons. The van der Waals surface area contributed by atoms with E-state index in [1.807, 2.05) is 54.6 Å². The standard InChI is InChI=1S/C21H16N4/c22-19-8-4-7-18(13-19)21-24-14-23-20(25-21)17-11-9-16(10-12-17)15-5-2-1-3-6-15/h1-14H,22H2. The fraction of sp³-hybridized carbons (Fsp3) is 0. The largest absolute Gasteiger partial charge is 0.399 e. The van der Waals surface area contributed by atoms with E-state index < -0.39 is 0 Å². The van der Waals surface area contributed by atoms with E-state index in [0.717, 1.165) is 16.7 Å². The van der Waals surface area contributed by atoms with Crippen molar-refractivity contribution in [3.05, 3.63) is 85.2 Å². The van der Waals surface area contributed by atoms with Crippen LogP contribution in [0.25, 0.3) is 33.9 Å². The Morgan fingerprint density at radius 1 is 0.560 bits per heavy atom. The third kappa shape index (κ3) is 3.23. The number of aromatic nitrogens is 3. The minimum Gasteiger partial charge on any atom is -0.399 e. The third-order valence-electron chi connectivity index (χ3n) is 3.97. The van der Waals surface area contributed by atoms with E-state index in [4.69, 9.17) is 5.73 Å². The van der Waals surface area contributed by atoms with Crippen molar-refractivity contribution in [2.24, 2.45) is 0 Å². The number of nitrogens with two attached hydrogens (primary N) is 1. The first-order valence-corrected chi connectivity index (χ1v) is 8.00. The molecule has 120 valence electrons. The Kier molecular flexibility index (Phi) is 3.92. The number of nitrogen functional groups attached to an aromatic ring is 1. The minimum absolute atomic E-state index is 0.615. The molecule has 0 spiro atoms. The first-order valence-electron chi connectivity index (χ1n) is 8.00. The van der Waals surface area contributed by atoms with Crippen molar-refractivity contribution in [1.29, 1.82) is 0 Å². The highest BCUT2D eigenvalue weighted by Gasteiger charge is 2.07. The zero-order valence-corrected chi connectivity index (χ0v) is 13.5. The van der Waals surface area contributed by atoms with Gasteiger partial charge >= 0.3 is 0 Å². The SMILES string of the molecule is Nc1cccc(-c2ncnc(-c3ccc(-c4ccccc4)cc3)n2)c1. The summed E-state index contributed by atoms with van der Waals surface area (Å²) in [6.45, 7) is 0. The molecule has 4 nitrogen and oxygen atoms in total. The predicted octanol–water partition coefficient (Wildman–Crippen LogP) is 4.45. The molecular formula is C21H16N4. The molecule has 0 aliphatic rings. The maximum atomic E-state index is 5.85. The second-order valence-electron chi connectivity index (χ2n) is 5.70. The van der Waals surface area contributed by atoms with E-state index in [1.54, 1.807) is 0 Å². The number of hydrogen-bond donors (Lipinski definition) is 1. The number of anilines is 1. The van der Waals surface area contributed by atoms with Crippen LogP contribution in [-0.4, -0.2) is 15.0 Å². The quantitative estimate of drug-likeness (QED) is 0.565. The van der Waals surface area contributed by atoms with Gasteiger partial charge < -0.3 is 5.73 Å². The number of benzene rings is 3. The summed E-state index contributed by atoms with van der Waals surface area (Å²) in [5, 5.41) is 0. The van der Waals surface area contributed by atoms with E-state index in [0.29, 0.717) is 17.3 Å². The molecule has 0 saturated heterocycles. The van der Waals surface area contributed by atoms with Crippen LogP contribution in [0, 0.1) is 0 Å². The van der Waals surface area contributed by atoms with E-state index in [9.17, 15) is 0 Å². The Bertz CT molecular complexity index is 996. The molecule has 0 aliphatic heterocycles. The Labute approximate surface area is 146 Å². The van der Waals surface area contributed by atoms with Gasteiger partial charge in [-0.15, -0.1) is 0 Å². The summed E-state index contributed by atoms with van der Waals surface area (Å²) in [5.41, 5.74) is 10.7. The number of nitrogens with zero attached hydrogens (tertiary/aromatic N) is 3. The molecule has 1 heterocycles. The van der Waals surface area contributed by atoms with Crippen molar-refractivity contribution < 1.29 is 0 Å². The van der Waals surface area contributed by atoms with Gasteiger partial charge in [0, 0.05) is 16.8 Å². The zero-order valence-electron chi connectivity index (χ0n) is 13.5. The Morgan fingerprint density at radius 2 is 1.16 bits per heavy atom. The maximum Gasteiger partial charge on any atom is 0.163 e. The van der Waals surface area contributed by atoms with Gasteiger partial charge in [0.15, 0.2) is 11.6 Å². The lowest BCUT2D eigenvalue weighted by atomic mass is 10.0. The Morgan fingerprint density at radius 3 is 1.88 bits per heavy atom. The van der Waals surface area contributed by atoms with Crippen molar-refractivity contribution in [3.63, 3.8) is 0 Å². The smallest absolute Gasteiger partial charge is 0.163 e. The van der Waals surface area contributed by atoms with Gasteiger partial charge in [-0.3, -0.25) is 0 Å². The van der Waals surface area contributed by atoms with Gasteiger partial charge in [-0.2, -0.15) is 0 Å². The van der Waals surface area contributed by atoms with Gasteiger partial charge in [0.05, 0.1) is 0 Å². The van der Waals surface area contributed by atoms with Crippen LogP contribution in [-0.2, 0) is 0 Å². The summed E-state index contributed by atoms with van der Waals surface area (Å²) in [7, 11) is 0. The Balaban J connectivity index is 1.67. The van der Waals surface area contributed by atoms with Crippen LogP contribution >= 0.6 is 0 Å². The second kappa shape index (κ2) is 6.53. The Hall–Kier alpha value is -3.53. The van der Waals surface area contributed by atoms with Gasteiger partial charge in [-0.25, -0.2) is 15.0 Å². The second-order valence-corrected chi connectivity index (χ2v) is 5.70. The molecular weight excluding hydrogens is 308 g/mol. The van der Waals surface area contributed by atoms with Crippen molar-refractivity contribution in [3.8, 4) is 33.9 Å². The molecule has 1 aromatic heterocycles. The molecule has 0 aliphatic carbocycles. The normalized spacial score (nSPS) is 10.6. The van der Waals surface area contributed by atoms with Crippen LogP contribution in [0.4, 0.5) is 5.69 Å². The lowest BCUT2D eigenvalue weighted by Gasteiger charge is -2.06. The van der Waals surface area contributed by atoms with Gasteiger partial charge in [-0.05, 0) is 23.3 Å². The predicted molar refractivity (Wildman–Crippen MR) is 101 cm³/mol. The molecule has 0 atom stereocenters. The molecule has 4 rings (SSSR count). The monoisotopic (exact) mass is 324 g/mol. The fourth-order valence-electron chi connectivity index (χ4n) is 2.69. The lowest BCUT2D eigenvalue weighted by Crippen LogP contribution is -1.96. The van der Waals surface area contributed by atoms with E-state index in [1.165, 1.54) is 11.9 Å².